The van der Waals surface area contributed by atoms with Crippen LogP contribution in [0.25, 0.3) is 44.3 Å². The van der Waals surface area contributed by atoms with Gasteiger partial charge in [-0.05, 0) is 107 Å². The number of hydrogen-bond donors (Lipinski definition) is 2. The van der Waals surface area contributed by atoms with E-state index in [9.17, 15) is 87.9 Å². The molecule has 0 fully saturated rings. The van der Waals surface area contributed by atoms with Gasteiger partial charge >= 0.3 is 33.5 Å². The van der Waals surface area contributed by atoms with E-state index in [1.165, 1.54) is 26.4 Å². The Morgan fingerprint density at radius 2 is 0.849 bits per heavy atom. The third kappa shape index (κ3) is 15.1. The summed E-state index contributed by atoms with van der Waals surface area (Å²) in [5, 5.41) is 17.3. The van der Waals surface area contributed by atoms with E-state index in [-0.39, 0.29) is 80.1 Å². The van der Waals surface area contributed by atoms with Gasteiger partial charge < -0.3 is 27.9 Å². The molecule has 0 aliphatic carbocycles. The summed E-state index contributed by atoms with van der Waals surface area (Å²) in [6.45, 7) is 1.95. The van der Waals surface area contributed by atoms with E-state index >= 15 is 4.39 Å². The minimum atomic E-state index is -5.23. The number of ether oxygens (including phenoxy) is 2. The molecule has 0 saturated heterocycles. The molecular weight excluding hydrogens is 1420 g/mol. The Hall–Kier alpha value is -8.45. The average Bonchev–Trinajstić information content (AvgIpc) is 0.808. The number of methoxy groups -OCH3 is 2. The lowest BCUT2D eigenvalue weighted by molar-refractivity contribution is -0.137. The minimum Gasteiger partial charge on any atom is -0.495 e. The fraction of sp³-hybridized carbons (Fsp3) is 0.0690. The molecule has 2 aromatic heterocycles. The van der Waals surface area contributed by atoms with Crippen LogP contribution in [-0.2, 0) is 26.4 Å². The summed E-state index contributed by atoms with van der Waals surface area (Å²) in [5.74, 6) is -30.5. The molecule has 8 aromatic carbocycles. The van der Waals surface area contributed by atoms with Gasteiger partial charge in [-0.25, -0.2) is 35.1 Å². The zero-order valence-corrected chi connectivity index (χ0v) is 53.0. The Morgan fingerprint density at radius 1 is 0.473 bits per heavy atom. The molecule has 0 amide bonds. The lowest BCUT2D eigenvalue weighted by atomic mass is 9.80. The van der Waals surface area contributed by atoms with E-state index < -0.39 is 141 Å². The number of halogens is 16. The highest BCUT2D eigenvalue weighted by Crippen LogP contribution is 2.39. The SMILES string of the molecule is COc1cc(-c2ccc(C(F)(F)F)cc2)c(F)cc1-n1c(=O)ccc2cc(S(=O)(=O)Oc3c(F)c(F)c(F)c(F)c3F)ccc21.COc1cc(Br)c(F)cc1-n1c(=O)ccc2cc(S(=O)(=O)Oc3c(F)c(F)c(F)c(F)c3F)ccc21.Cc1ccc(B(O)O)cc1.P.P. The van der Waals surface area contributed by atoms with Gasteiger partial charge in [0.25, 0.3) is 11.1 Å². The van der Waals surface area contributed by atoms with Crippen molar-refractivity contribution in [1.29, 1.82) is 0 Å². The fourth-order valence-electron chi connectivity index (χ4n) is 8.42. The van der Waals surface area contributed by atoms with Gasteiger partial charge in [0.2, 0.25) is 69.7 Å². The van der Waals surface area contributed by atoms with Gasteiger partial charge in [-0.15, -0.1) is 0 Å². The number of fused-ring (bicyclic) bond motifs is 2. The van der Waals surface area contributed by atoms with Crippen LogP contribution in [0, 0.1) is 76.7 Å². The summed E-state index contributed by atoms with van der Waals surface area (Å²) in [5.41, 5.74) is -1.05. The Bertz CT molecular complexity index is 4870. The smallest absolute Gasteiger partial charge is 0.488 e. The number of rotatable bonds is 12. The van der Waals surface area contributed by atoms with E-state index in [4.69, 9.17) is 19.5 Å². The van der Waals surface area contributed by atoms with Crippen molar-refractivity contribution < 1.29 is 111 Å². The summed E-state index contributed by atoms with van der Waals surface area (Å²) in [6.07, 6.45) is -4.62. The van der Waals surface area contributed by atoms with Crippen molar-refractivity contribution in [3.8, 4) is 45.5 Å². The van der Waals surface area contributed by atoms with Crippen LogP contribution in [0.15, 0.2) is 157 Å². The van der Waals surface area contributed by atoms with E-state index in [0.29, 0.717) is 5.46 Å². The Morgan fingerprint density at radius 3 is 1.23 bits per heavy atom. The van der Waals surface area contributed by atoms with Gasteiger partial charge in [-0.3, -0.25) is 18.7 Å². The minimum absolute atomic E-state index is 0. The van der Waals surface area contributed by atoms with Crippen molar-refractivity contribution >= 4 is 90.4 Å². The lowest BCUT2D eigenvalue weighted by Gasteiger charge is -2.17. The van der Waals surface area contributed by atoms with Crippen LogP contribution in [-0.4, -0.2) is 57.4 Å². The summed E-state index contributed by atoms with van der Waals surface area (Å²) >= 11 is 3.00. The number of hydrogen-bond acceptors (Lipinski definition) is 12. The van der Waals surface area contributed by atoms with Crippen LogP contribution in [0.5, 0.6) is 23.0 Å². The van der Waals surface area contributed by atoms with Gasteiger partial charge in [-0.2, -0.15) is 67.4 Å². The van der Waals surface area contributed by atoms with Crippen molar-refractivity contribution in [3.63, 3.8) is 0 Å². The second-order valence-electron chi connectivity index (χ2n) is 18.6. The summed E-state index contributed by atoms with van der Waals surface area (Å²) in [4.78, 5) is 24.0. The van der Waals surface area contributed by atoms with E-state index in [1.54, 1.807) is 12.1 Å². The highest BCUT2D eigenvalue weighted by Gasteiger charge is 2.34. The predicted octanol–water partition coefficient (Wildman–Crippen LogP) is 12.4. The van der Waals surface area contributed by atoms with Crippen LogP contribution in [0.4, 0.5) is 65.9 Å². The molecule has 93 heavy (non-hydrogen) atoms. The maximum Gasteiger partial charge on any atom is 0.488 e. The Balaban J connectivity index is 0.000000256. The molecule has 0 saturated carbocycles. The van der Waals surface area contributed by atoms with Crippen molar-refractivity contribution in [2.75, 3.05) is 14.2 Å². The van der Waals surface area contributed by atoms with Crippen molar-refractivity contribution in [2.45, 2.75) is 22.9 Å². The second-order valence-corrected chi connectivity index (χ2v) is 22.6. The highest BCUT2D eigenvalue weighted by molar-refractivity contribution is 9.10. The summed E-state index contributed by atoms with van der Waals surface area (Å²) in [7, 11) is -9.25. The molecule has 0 radical (unpaired) electrons. The van der Waals surface area contributed by atoms with Gasteiger partial charge in [-0.1, -0.05) is 42.0 Å². The molecule has 14 nitrogen and oxygen atoms in total. The average molecular weight is 1460 g/mol. The first-order chi connectivity index (χ1) is 42.6. The molecule has 2 unspecified atom stereocenters. The first-order valence-corrected chi connectivity index (χ1v) is 28.5. The zero-order chi connectivity index (χ0) is 67.1. The molecule has 490 valence electrons. The van der Waals surface area contributed by atoms with Gasteiger partial charge in [0, 0.05) is 40.6 Å². The number of alkyl halides is 3. The second kappa shape index (κ2) is 28.8. The molecule has 0 aliphatic heterocycles. The number of pyridine rings is 2. The van der Waals surface area contributed by atoms with Crippen LogP contribution in [0.3, 0.4) is 0 Å². The largest absolute Gasteiger partial charge is 0.495 e. The lowest BCUT2D eigenvalue weighted by Crippen LogP contribution is -2.29. The molecule has 35 heteroatoms. The topological polar surface area (TPSA) is 190 Å². The Kier molecular flexibility index (Phi) is 22.8. The van der Waals surface area contributed by atoms with Gasteiger partial charge in [0.1, 0.15) is 32.9 Å². The van der Waals surface area contributed by atoms with Crippen molar-refractivity contribution in [2.24, 2.45) is 0 Å². The van der Waals surface area contributed by atoms with Crippen LogP contribution < -0.4 is 34.4 Å². The summed E-state index contributed by atoms with van der Waals surface area (Å²) < 4.78 is 277. The molecule has 2 N–H and O–H groups in total. The molecule has 0 spiro atoms. The molecule has 0 bridgehead atoms. The van der Waals surface area contributed by atoms with Gasteiger partial charge in [0.05, 0.1) is 46.7 Å². The number of aromatic nitrogens is 2. The first kappa shape index (κ1) is 73.6. The molecule has 0 aliphatic rings. The van der Waals surface area contributed by atoms with Crippen LogP contribution in [0.2, 0.25) is 0 Å². The summed E-state index contributed by atoms with van der Waals surface area (Å²) in [6, 6.07) is 24.8. The fourth-order valence-corrected chi connectivity index (χ4v) is 10.7. The molecule has 2 heterocycles. The molecule has 10 rings (SSSR count). The normalized spacial score (nSPS) is 11.4. The van der Waals surface area contributed by atoms with Crippen LogP contribution >= 0.6 is 35.7 Å². The predicted molar refractivity (Wildman–Crippen MR) is 322 cm³/mol. The van der Waals surface area contributed by atoms with Crippen molar-refractivity contribution in [1.82, 2.24) is 9.13 Å². The number of aryl methyl sites for hydroxylation is 1. The van der Waals surface area contributed by atoms with E-state index in [1.807, 2.05) is 19.1 Å². The molecule has 2 atom stereocenters. The quantitative estimate of drug-likeness (QED) is 0.0294. The monoisotopic (exact) mass is 1460 g/mol. The molecule has 10 aromatic rings. The van der Waals surface area contributed by atoms with Gasteiger partial charge in [0.15, 0.2) is 0 Å². The maximum atomic E-state index is 15.4. The third-order valence-electron chi connectivity index (χ3n) is 12.9. The van der Waals surface area contributed by atoms with Crippen molar-refractivity contribution in [3.05, 3.63) is 240 Å². The highest BCUT2D eigenvalue weighted by atomic mass is 79.9. The van der Waals surface area contributed by atoms with E-state index in [0.717, 1.165) is 112 Å². The van der Waals surface area contributed by atoms with Crippen LogP contribution in [0.1, 0.15) is 11.1 Å². The third-order valence-corrected chi connectivity index (χ3v) is 15.9. The van der Waals surface area contributed by atoms with E-state index in [2.05, 4.69) is 24.3 Å². The first-order valence-electron chi connectivity index (χ1n) is 24.9. The molecular formula is C58H39BBrF15N2O12P2S2. The standard InChI is InChI=1S/C29H14F9NO5S.C22H10BrF6NO5S.C7H9BO2.2H3P/c1-43-21-11-17(13-2-5-15(6-3-13)29(36,37)38)18(30)12-20(21)39-19-8-7-16(10-14(19)4-9-22(39)40)45(41,42)44-28-26(34)24(32)23(31)25(33)27(28)35;1-34-15-7-11(23)12(24)8-14(15)30-13-4-3-10(6-9(13)2-5-16(30)31)36(32,33)35-22-20(28)18(26)17(25)19(27)21(22)29;1-6-2-4-7(5-3-6)8(9)10;;/h2-12H,1H3;2-8H,1H3;2-5,9-10H,1H3;2*1H3. The maximum absolute atomic E-state index is 15.4. The number of benzene rings is 8. The Labute approximate surface area is 529 Å². The number of nitrogens with zero attached hydrogens (tertiary/aromatic N) is 2. The zero-order valence-electron chi connectivity index (χ0n) is 46.9.